The SMILES string of the molecule is CN(C(=O)c1n[nH]c2c1CNCC2)C1Cc2ccccc2C1.Cl. The molecule has 1 aliphatic heterocycles. The second kappa shape index (κ2) is 6.34. The Balaban J connectivity index is 0.00000156. The maximum atomic E-state index is 12.8. The first-order valence-corrected chi connectivity index (χ1v) is 7.85. The van der Waals surface area contributed by atoms with Gasteiger partial charge in [0, 0.05) is 43.9 Å². The number of H-pyrrole nitrogens is 1. The second-order valence-corrected chi connectivity index (χ2v) is 6.20. The molecule has 23 heavy (non-hydrogen) atoms. The van der Waals surface area contributed by atoms with E-state index in [1.807, 2.05) is 11.9 Å². The Hall–Kier alpha value is -1.85. The van der Waals surface area contributed by atoms with E-state index < -0.39 is 0 Å². The zero-order valence-electron chi connectivity index (χ0n) is 13.1. The van der Waals surface area contributed by atoms with Crippen molar-refractivity contribution in [1.29, 1.82) is 0 Å². The molecule has 2 heterocycles. The minimum Gasteiger partial charge on any atom is -0.337 e. The van der Waals surface area contributed by atoms with Crippen LogP contribution < -0.4 is 5.32 Å². The van der Waals surface area contributed by atoms with Crippen molar-refractivity contribution in [2.75, 3.05) is 13.6 Å². The van der Waals surface area contributed by atoms with Crippen LogP contribution in [0.25, 0.3) is 0 Å². The van der Waals surface area contributed by atoms with Gasteiger partial charge < -0.3 is 10.2 Å². The van der Waals surface area contributed by atoms with Crippen molar-refractivity contribution < 1.29 is 4.79 Å². The Morgan fingerprint density at radius 2 is 1.96 bits per heavy atom. The van der Waals surface area contributed by atoms with Crippen molar-refractivity contribution in [3.63, 3.8) is 0 Å². The average Bonchev–Trinajstić information content (AvgIpc) is 3.17. The summed E-state index contributed by atoms with van der Waals surface area (Å²) >= 11 is 0. The van der Waals surface area contributed by atoms with Gasteiger partial charge in [-0.3, -0.25) is 9.89 Å². The number of hydrogen-bond acceptors (Lipinski definition) is 3. The minimum absolute atomic E-state index is 0. The number of amides is 1. The van der Waals surface area contributed by atoms with Crippen LogP contribution in [0, 0.1) is 0 Å². The average molecular weight is 333 g/mol. The van der Waals surface area contributed by atoms with Crippen molar-refractivity contribution >= 4 is 18.3 Å². The smallest absolute Gasteiger partial charge is 0.274 e. The zero-order chi connectivity index (χ0) is 15.1. The van der Waals surface area contributed by atoms with Crippen LogP contribution >= 0.6 is 12.4 Å². The molecule has 0 spiro atoms. The molecule has 0 radical (unpaired) electrons. The molecule has 0 bridgehead atoms. The number of halogens is 1. The predicted molar refractivity (Wildman–Crippen MR) is 91.0 cm³/mol. The number of benzene rings is 1. The van der Waals surface area contributed by atoms with Crippen LogP contribution in [0.3, 0.4) is 0 Å². The zero-order valence-corrected chi connectivity index (χ0v) is 13.9. The van der Waals surface area contributed by atoms with Gasteiger partial charge in [0.15, 0.2) is 5.69 Å². The minimum atomic E-state index is 0. The van der Waals surface area contributed by atoms with Crippen LogP contribution in [-0.2, 0) is 25.8 Å². The highest BCUT2D eigenvalue weighted by atomic mass is 35.5. The van der Waals surface area contributed by atoms with E-state index in [0.29, 0.717) is 5.69 Å². The molecule has 4 rings (SSSR count). The molecule has 0 unspecified atom stereocenters. The number of nitrogens with one attached hydrogen (secondary N) is 2. The van der Waals surface area contributed by atoms with Gasteiger partial charge in [0.2, 0.25) is 0 Å². The van der Waals surface area contributed by atoms with Gasteiger partial charge in [-0.15, -0.1) is 12.4 Å². The number of likely N-dealkylation sites (N-methyl/N-ethyl adjacent to an activating group) is 1. The molecule has 0 saturated carbocycles. The van der Waals surface area contributed by atoms with Gasteiger partial charge in [0.1, 0.15) is 0 Å². The highest BCUT2D eigenvalue weighted by Crippen LogP contribution is 2.26. The topological polar surface area (TPSA) is 61.0 Å². The number of aromatic amines is 1. The third-order valence-electron chi connectivity index (χ3n) is 4.91. The Bertz CT molecular complexity index is 702. The molecule has 6 heteroatoms. The van der Waals surface area contributed by atoms with E-state index in [4.69, 9.17) is 0 Å². The number of carbonyl (C=O) groups excluding carboxylic acids is 1. The molecule has 0 fully saturated rings. The lowest BCUT2D eigenvalue weighted by Crippen LogP contribution is -2.38. The molecule has 0 saturated heterocycles. The fourth-order valence-electron chi connectivity index (χ4n) is 3.54. The maximum absolute atomic E-state index is 12.8. The van der Waals surface area contributed by atoms with Crippen LogP contribution in [-0.4, -0.2) is 40.6 Å². The van der Waals surface area contributed by atoms with Gasteiger partial charge in [0.05, 0.1) is 0 Å². The molecule has 0 atom stereocenters. The van der Waals surface area contributed by atoms with E-state index >= 15 is 0 Å². The van der Waals surface area contributed by atoms with Gasteiger partial charge in [0.25, 0.3) is 5.91 Å². The van der Waals surface area contributed by atoms with Crippen molar-refractivity contribution in [3.05, 3.63) is 52.3 Å². The Kier molecular flexibility index (Phi) is 4.41. The molecule has 2 aliphatic rings. The molecule has 2 aromatic rings. The van der Waals surface area contributed by atoms with E-state index in [9.17, 15) is 4.79 Å². The van der Waals surface area contributed by atoms with Crippen LogP contribution in [0.5, 0.6) is 0 Å². The summed E-state index contributed by atoms with van der Waals surface area (Å²) in [5, 5.41) is 10.6. The summed E-state index contributed by atoms with van der Waals surface area (Å²) in [6, 6.07) is 8.69. The van der Waals surface area contributed by atoms with Crippen LogP contribution in [0.2, 0.25) is 0 Å². The lowest BCUT2D eigenvalue weighted by Gasteiger charge is -2.24. The highest BCUT2D eigenvalue weighted by Gasteiger charge is 2.31. The Morgan fingerprint density at radius 3 is 2.65 bits per heavy atom. The molecule has 1 aliphatic carbocycles. The summed E-state index contributed by atoms with van der Waals surface area (Å²) in [5.41, 5.74) is 5.44. The summed E-state index contributed by atoms with van der Waals surface area (Å²) in [7, 11) is 1.90. The molecule has 1 aromatic carbocycles. The first-order valence-electron chi connectivity index (χ1n) is 7.85. The number of rotatable bonds is 2. The molecule has 5 nitrogen and oxygen atoms in total. The van der Waals surface area contributed by atoms with E-state index in [1.165, 1.54) is 11.1 Å². The number of aromatic nitrogens is 2. The summed E-state index contributed by atoms with van der Waals surface area (Å²) in [5.74, 6) is 0.0269. The summed E-state index contributed by atoms with van der Waals surface area (Å²) in [6.07, 6.45) is 2.78. The lowest BCUT2D eigenvalue weighted by atomic mass is 10.1. The molecule has 1 aromatic heterocycles. The Morgan fingerprint density at radius 1 is 1.26 bits per heavy atom. The number of nitrogens with zero attached hydrogens (tertiary/aromatic N) is 2. The summed E-state index contributed by atoms with van der Waals surface area (Å²) in [6.45, 7) is 1.67. The van der Waals surface area contributed by atoms with Gasteiger partial charge in [-0.05, 0) is 24.0 Å². The predicted octanol–water partition coefficient (Wildman–Crippen LogP) is 1.72. The fraction of sp³-hybridized carbons (Fsp3) is 0.412. The number of fused-ring (bicyclic) bond motifs is 2. The third-order valence-corrected chi connectivity index (χ3v) is 4.91. The second-order valence-electron chi connectivity index (χ2n) is 6.20. The van der Waals surface area contributed by atoms with Crippen LogP contribution in [0.15, 0.2) is 24.3 Å². The van der Waals surface area contributed by atoms with Gasteiger partial charge in [-0.2, -0.15) is 5.10 Å². The van der Waals surface area contributed by atoms with Crippen LogP contribution in [0.1, 0.15) is 32.9 Å². The quantitative estimate of drug-likeness (QED) is 0.880. The van der Waals surface area contributed by atoms with E-state index in [-0.39, 0.29) is 24.4 Å². The molecular weight excluding hydrogens is 312 g/mol. The van der Waals surface area contributed by atoms with Crippen molar-refractivity contribution in [1.82, 2.24) is 20.4 Å². The Labute approximate surface area is 141 Å². The monoisotopic (exact) mass is 332 g/mol. The first-order chi connectivity index (χ1) is 10.7. The summed E-state index contributed by atoms with van der Waals surface area (Å²) < 4.78 is 0. The molecule has 2 N–H and O–H groups in total. The van der Waals surface area contributed by atoms with Crippen molar-refractivity contribution in [2.24, 2.45) is 0 Å². The standard InChI is InChI=1S/C17H20N4O.ClH/c1-21(13-8-11-4-2-3-5-12(11)9-13)17(22)16-14-10-18-7-6-15(14)19-20-16;/h2-5,13,18H,6-10H2,1H3,(H,19,20);1H. The fourth-order valence-corrected chi connectivity index (χ4v) is 3.54. The van der Waals surface area contributed by atoms with Gasteiger partial charge in [-0.1, -0.05) is 24.3 Å². The van der Waals surface area contributed by atoms with E-state index in [0.717, 1.165) is 43.6 Å². The normalized spacial score (nSPS) is 16.4. The van der Waals surface area contributed by atoms with Gasteiger partial charge in [-0.25, -0.2) is 0 Å². The van der Waals surface area contributed by atoms with Crippen molar-refractivity contribution in [3.8, 4) is 0 Å². The van der Waals surface area contributed by atoms with Crippen molar-refractivity contribution in [2.45, 2.75) is 31.8 Å². The number of carbonyl (C=O) groups is 1. The molecule has 1 amide bonds. The number of hydrogen-bond donors (Lipinski definition) is 2. The van der Waals surface area contributed by atoms with Gasteiger partial charge >= 0.3 is 0 Å². The highest BCUT2D eigenvalue weighted by molar-refractivity contribution is 5.94. The third kappa shape index (κ3) is 2.75. The van der Waals surface area contributed by atoms with Crippen LogP contribution in [0.4, 0.5) is 0 Å². The van der Waals surface area contributed by atoms with E-state index in [1.54, 1.807) is 0 Å². The first kappa shape index (κ1) is 16.0. The van der Waals surface area contributed by atoms with E-state index in [2.05, 4.69) is 39.8 Å². The maximum Gasteiger partial charge on any atom is 0.274 e. The molecule has 122 valence electrons. The summed E-state index contributed by atoms with van der Waals surface area (Å²) in [4.78, 5) is 14.7. The lowest BCUT2D eigenvalue weighted by molar-refractivity contribution is 0.0730. The largest absolute Gasteiger partial charge is 0.337 e. The molecular formula is C17H21ClN4O.